The summed E-state index contributed by atoms with van der Waals surface area (Å²) in [6, 6.07) is 30.4. The van der Waals surface area contributed by atoms with Crippen molar-refractivity contribution < 1.29 is 32.2 Å². The lowest BCUT2D eigenvalue weighted by molar-refractivity contribution is -0.137. The number of alkyl halides is 3. The van der Waals surface area contributed by atoms with E-state index in [0.29, 0.717) is 25.6 Å². The number of carbonyl (C=O) groups is 1. The first kappa shape index (κ1) is 36.0. The fourth-order valence-corrected chi connectivity index (χ4v) is 9.14. The van der Waals surface area contributed by atoms with Crippen molar-refractivity contribution in [3.63, 3.8) is 0 Å². The van der Waals surface area contributed by atoms with Gasteiger partial charge in [0.2, 0.25) is 5.91 Å². The summed E-state index contributed by atoms with van der Waals surface area (Å²) in [5.74, 6) is 1.08. The first-order chi connectivity index (χ1) is 25.0. The minimum atomic E-state index is -4.69. The number of nitrogens with zero attached hydrogens (tertiary/aromatic N) is 1. The number of nitrogens with one attached hydrogen (secondary N) is 1. The Hall–Kier alpha value is -4.34. The Morgan fingerprint density at radius 1 is 0.865 bits per heavy atom. The van der Waals surface area contributed by atoms with Crippen molar-refractivity contribution in [2.75, 3.05) is 26.0 Å². The molecule has 1 N–H and O–H groups in total. The van der Waals surface area contributed by atoms with Gasteiger partial charge in [-0.25, -0.2) is 0 Å². The zero-order valence-electron chi connectivity index (χ0n) is 30.0. The third-order valence-corrected chi connectivity index (χ3v) is 11.4. The van der Waals surface area contributed by atoms with Gasteiger partial charge in [0.15, 0.2) is 0 Å². The zero-order valence-corrected chi connectivity index (χ0v) is 30.0. The van der Waals surface area contributed by atoms with E-state index in [2.05, 4.69) is 36.5 Å². The van der Waals surface area contributed by atoms with E-state index in [1.54, 1.807) is 25.1 Å². The summed E-state index contributed by atoms with van der Waals surface area (Å²) in [6.45, 7) is 3.24. The molecule has 0 radical (unpaired) electrons. The second-order valence-electron chi connectivity index (χ2n) is 15.2. The Balaban J connectivity index is 1.20. The number of ether oxygens (including phenoxy) is 3. The Morgan fingerprint density at radius 2 is 1.56 bits per heavy atom. The molecule has 9 heteroatoms. The van der Waals surface area contributed by atoms with Crippen LogP contribution in [-0.4, -0.2) is 43.7 Å². The third-order valence-electron chi connectivity index (χ3n) is 11.4. The molecule has 0 aromatic heterocycles. The van der Waals surface area contributed by atoms with E-state index >= 15 is 0 Å². The average molecular weight is 713 g/mol. The molecule has 52 heavy (non-hydrogen) atoms. The standard InChI is InChI=1S/C43H47F3N2O4/c1-42-24-38(52-32-16-20-37(36(23-32)43(44,45)46)47-40(49)25-48(2)3)41-33-18-15-31(50-26-28-10-6-4-7-11-28)22-30(33)14-17-34(41)35(42)19-21-39(42)51-27-29-12-8-5-9-13-29/h4-13,15-16,18,20,22-23,34-35,38-39,41H,14,17,19,21,24-27H2,1-3H3,(H,47,49)/t34-,35-,38-,39-,41+,42-/m0/s1. The first-order valence-corrected chi connectivity index (χ1v) is 18.3. The van der Waals surface area contributed by atoms with Crippen LogP contribution >= 0.6 is 0 Å². The molecule has 0 aliphatic heterocycles. The van der Waals surface area contributed by atoms with Gasteiger partial charge in [0.1, 0.15) is 24.2 Å². The predicted molar refractivity (Wildman–Crippen MR) is 195 cm³/mol. The maximum absolute atomic E-state index is 14.5. The molecule has 2 saturated carbocycles. The Kier molecular flexibility index (Phi) is 10.4. The molecule has 4 aromatic carbocycles. The summed E-state index contributed by atoms with van der Waals surface area (Å²) < 4.78 is 63.0. The van der Waals surface area contributed by atoms with E-state index in [4.69, 9.17) is 14.2 Å². The monoisotopic (exact) mass is 712 g/mol. The van der Waals surface area contributed by atoms with Crippen molar-refractivity contribution in [3.05, 3.63) is 125 Å². The highest BCUT2D eigenvalue weighted by atomic mass is 19.4. The van der Waals surface area contributed by atoms with Crippen molar-refractivity contribution in [3.8, 4) is 11.5 Å². The fourth-order valence-electron chi connectivity index (χ4n) is 9.14. The summed E-state index contributed by atoms with van der Waals surface area (Å²) in [7, 11) is 3.38. The van der Waals surface area contributed by atoms with E-state index in [9.17, 15) is 18.0 Å². The molecule has 0 heterocycles. The van der Waals surface area contributed by atoms with Crippen LogP contribution in [0.1, 0.15) is 66.3 Å². The van der Waals surface area contributed by atoms with Crippen LogP contribution in [0.2, 0.25) is 0 Å². The molecule has 3 aliphatic carbocycles. The van der Waals surface area contributed by atoms with Gasteiger partial charge in [-0.05, 0) is 111 Å². The van der Waals surface area contributed by atoms with Gasteiger partial charge in [0.25, 0.3) is 0 Å². The lowest BCUT2D eigenvalue weighted by Gasteiger charge is -2.53. The lowest BCUT2D eigenvalue weighted by atomic mass is 9.54. The van der Waals surface area contributed by atoms with Gasteiger partial charge in [-0.2, -0.15) is 13.2 Å². The molecule has 7 rings (SSSR count). The quantitative estimate of drug-likeness (QED) is 0.168. The second kappa shape index (κ2) is 15.0. The van der Waals surface area contributed by atoms with Crippen molar-refractivity contribution in [1.29, 1.82) is 0 Å². The molecule has 3 aliphatic rings. The largest absolute Gasteiger partial charge is 0.490 e. The van der Waals surface area contributed by atoms with E-state index in [1.807, 2.05) is 54.6 Å². The minimum absolute atomic E-state index is 0.0000583. The molecule has 2 fully saturated rings. The number of carbonyl (C=O) groups excluding carboxylic acids is 1. The van der Waals surface area contributed by atoms with Gasteiger partial charge in [-0.3, -0.25) is 4.79 Å². The van der Waals surface area contributed by atoms with Crippen LogP contribution < -0.4 is 14.8 Å². The molecular formula is C43H47F3N2O4. The highest BCUT2D eigenvalue weighted by Gasteiger charge is 2.59. The van der Waals surface area contributed by atoms with E-state index < -0.39 is 23.8 Å². The first-order valence-electron chi connectivity index (χ1n) is 18.3. The van der Waals surface area contributed by atoms with Crippen molar-refractivity contribution in [2.24, 2.45) is 17.3 Å². The number of fused-ring (bicyclic) bond motifs is 5. The molecule has 274 valence electrons. The van der Waals surface area contributed by atoms with Crippen LogP contribution in [-0.2, 0) is 35.3 Å². The fraction of sp³-hybridized carbons (Fsp3) is 0.419. The van der Waals surface area contributed by atoms with Crippen LogP contribution in [0.25, 0.3) is 0 Å². The van der Waals surface area contributed by atoms with Gasteiger partial charge >= 0.3 is 6.18 Å². The highest BCUT2D eigenvalue weighted by Crippen LogP contribution is 2.62. The van der Waals surface area contributed by atoms with Gasteiger partial charge in [-0.15, -0.1) is 0 Å². The number of aryl methyl sites for hydroxylation is 1. The highest BCUT2D eigenvalue weighted by molar-refractivity contribution is 5.93. The van der Waals surface area contributed by atoms with Crippen LogP contribution in [0, 0.1) is 17.3 Å². The Labute approximate surface area is 304 Å². The maximum atomic E-state index is 14.5. The van der Waals surface area contributed by atoms with Crippen LogP contribution in [0.5, 0.6) is 11.5 Å². The number of hydrogen-bond acceptors (Lipinski definition) is 5. The number of benzene rings is 4. The van der Waals surface area contributed by atoms with Crippen molar-refractivity contribution in [2.45, 2.75) is 76.5 Å². The van der Waals surface area contributed by atoms with Crippen molar-refractivity contribution >= 4 is 11.6 Å². The van der Waals surface area contributed by atoms with E-state index in [0.717, 1.165) is 48.6 Å². The number of amides is 1. The van der Waals surface area contributed by atoms with Crippen LogP contribution in [0.15, 0.2) is 97.1 Å². The maximum Gasteiger partial charge on any atom is 0.418 e. The number of anilines is 1. The van der Waals surface area contributed by atoms with Gasteiger partial charge in [0.05, 0.1) is 30.5 Å². The summed E-state index contributed by atoms with van der Waals surface area (Å²) in [6.07, 6.45) is -0.616. The average Bonchev–Trinajstić information content (AvgIpc) is 3.45. The molecular weight excluding hydrogens is 665 g/mol. The summed E-state index contributed by atoms with van der Waals surface area (Å²) in [4.78, 5) is 14.1. The van der Waals surface area contributed by atoms with Gasteiger partial charge in [-0.1, -0.05) is 73.7 Å². The number of rotatable bonds is 11. The zero-order chi connectivity index (χ0) is 36.5. The number of halogens is 3. The molecule has 0 spiro atoms. The molecule has 6 nitrogen and oxygen atoms in total. The number of likely N-dealkylation sites (N-methyl/N-ethyl adjacent to an activating group) is 1. The second-order valence-corrected chi connectivity index (χ2v) is 15.2. The van der Waals surface area contributed by atoms with E-state index in [1.165, 1.54) is 17.2 Å². The third kappa shape index (κ3) is 7.71. The van der Waals surface area contributed by atoms with Crippen LogP contribution in [0.4, 0.5) is 18.9 Å². The molecule has 0 unspecified atom stereocenters. The molecule has 6 atom stereocenters. The molecule has 1 amide bonds. The lowest BCUT2D eigenvalue weighted by Crippen LogP contribution is -2.52. The summed E-state index contributed by atoms with van der Waals surface area (Å²) >= 11 is 0. The normalized spacial score (nSPS) is 25.2. The Bertz CT molecular complexity index is 1850. The number of hydrogen-bond donors (Lipinski definition) is 1. The molecule has 0 bridgehead atoms. The SMILES string of the molecule is CN(C)CC(=O)Nc1ccc(O[C@H]2C[C@]3(C)[C@@H](OCc4ccccc4)CC[C@H]3[C@@H]3CCc4cc(OCc5ccccc5)ccc4[C@H]32)cc1C(F)(F)F. The smallest absolute Gasteiger partial charge is 0.418 e. The van der Waals surface area contributed by atoms with Crippen molar-refractivity contribution in [1.82, 2.24) is 4.90 Å². The molecule has 4 aromatic rings. The molecule has 0 saturated heterocycles. The topological polar surface area (TPSA) is 60.0 Å². The van der Waals surface area contributed by atoms with Gasteiger partial charge < -0.3 is 24.4 Å². The van der Waals surface area contributed by atoms with E-state index in [-0.39, 0.29) is 41.3 Å². The Morgan fingerprint density at radius 3 is 2.25 bits per heavy atom. The predicted octanol–water partition coefficient (Wildman–Crippen LogP) is 9.28. The van der Waals surface area contributed by atoms with Gasteiger partial charge in [0, 0.05) is 11.3 Å². The summed E-state index contributed by atoms with van der Waals surface area (Å²) in [5, 5.41) is 2.45. The summed E-state index contributed by atoms with van der Waals surface area (Å²) in [5.41, 5.74) is 3.17. The van der Waals surface area contributed by atoms with Crippen LogP contribution in [0.3, 0.4) is 0 Å². The minimum Gasteiger partial charge on any atom is -0.490 e.